The summed E-state index contributed by atoms with van der Waals surface area (Å²) in [6.45, 7) is 0.661. The van der Waals surface area contributed by atoms with Crippen LogP contribution in [-0.2, 0) is 12.0 Å². The van der Waals surface area contributed by atoms with E-state index < -0.39 is 0 Å². The van der Waals surface area contributed by atoms with Gasteiger partial charge in [0, 0.05) is 43.0 Å². The molecule has 3 heterocycles. The molecule has 1 saturated carbocycles. The first-order chi connectivity index (χ1) is 16.1. The van der Waals surface area contributed by atoms with Crippen LogP contribution in [0.4, 0.5) is 5.82 Å². The number of hydrogen-bond donors (Lipinski definition) is 3. The smallest absolute Gasteiger partial charge is 0.251 e. The van der Waals surface area contributed by atoms with E-state index in [0.29, 0.717) is 12.1 Å². The highest BCUT2D eigenvalue weighted by Crippen LogP contribution is 2.41. The van der Waals surface area contributed by atoms with Gasteiger partial charge in [-0.3, -0.25) is 14.8 Å². The lowest BCUT2D eigenvalue weighted by Crippen LogP contribution is -2.20. The number of hydrogen-bond acceptors (Lipinski definition) is 7. The largest absolute Gasteiger partial charge is 0.370 e. The van der Waals surface area contributed by atoms with E-state index in [1.807, 2.05) is 42.6 Å². The number of rotatable bonds is 7. The van der Waals surface area contributed by atoms with E-state index in [9.17, 15) is 4.79 Å². The number of carbonyl (C=O) groups excluding carboxylic acids is 1. The van der Waals surface area contributed by atoms with E-state index in [0.717, 1.165) is 58.5 Å². The van der Waals surface area contributed by atoms with E-state index in [1.54, 1.807) is 25.6 Å². The molecule has 0 bridgehead atoms. The molecule has 8 nitrogen and oxygen atoms in total. The third-order valence-corrected chi connectivity index (χ3v) is 6.05. The molecule has 4 N–H and O–H groups in total. The highest BCUT2D eigenvalue weighted by Gasteiger charge is 2.41. The number of para-hydroxylation sites is 1. The van der Waals surface area contributed by atoms with Crippen LogP contribution in [-0.4, -0.2) is 39.4 Å². The second-order valence-corrected chi connectivity index (χ2v) is 8.30. The lowest BCUT2D eigenvalue weighted by molar-refractivity contribution is 0.0964. The predicted octanol–water partition coefficient (Wildman–Crippen LogP) is 3.05. The van der Waals surface area contributed by atoms with Gasteiger partial charge in [0.05, 0.1) is 28.0 Å². The fourth-order valence-electron chi connectivity index (χ4n) is 3.94. The van der Waals surface area contributed by atoms with Crippen molar-refractivity contribution in [3.63, 3.8) is 0 Å². The second-order valence-electron chi connectivity index (χ2n) is 8.30. The third-order valence-electron chi connectivity index (χ3n) is 6.05. The summed E-state index contributed by atoms with van der Waals surface area (Å²) >= 11 is 0. The molecule has 1 aromatic carbocycles. The zero-order chi connectivity index (χ0) is 22.8. The van der Waals surface area contributed by atoms with Crippen LogP contribution in [0, 0.1) is 0 Å². The standard InChI is InChI=1S/C25H25N7O/c1-27-24(33)19-8-12-29-23-16(3-2-4-18(19)23)7-11-28-22-13-20(31-15-32-22)17-5-6-21(30-14-17)25(26)9-10-25/h2-6,8,12-15H,7,9-11,26H2,1H3,(H,27,33)(H,28,31,32). The Morgan fingerprint density at radius 1 is 1.09 bits per heavy atom. The molecule has 1 aliphatic rings. The number of nitrogens with zero attached hydrogens (tertiary/aromatic N) is 4. The summed E-state index contributed by atoms with van der Waals surface area (Å²) in [7, 11) is 1.63. The highest BCUT2D eigenvalue weighted by molar-refractivity contribution is 6.06. The molecule has 0 unspecified atom stereocenters. The molecule has 8 heteroatoms. The number of amides is 1. The molecule has 33 heavy (non-hydrogen) atoms. The van der Waals surface area contributed by atoms with Crippen LogP contribution in [0.2, 0.25) is 0 Å². The summed E-state index contributed by atoms with van der Waals surface area (Å²) in [6, 6.07) is 13.6. The molecule has 0 atom stereocenters. The molecule has 0 spiro atoms. The zero-order valence-electron chi connectivity index (χ0n) is 18.4. The Hall–Kier alpha value is -3.91. The number of nitrogens with one attached hydrogen (secondary N) is 2. The second kappa shape index (κ2) is 8.55. The van der Waals surface area contributed by atoms with Gasteiger partial charge in [-0.1, -0.05) is 18.2 Å². The molecule has 5 rings (SSSR count). The van der Waals surface area contributed by atoms with Crippen LogP contribution in [0.25, 0.3) is 22.2 Å². The third kappa shape index (κ3) is 4.25. The van der Waals surface area contributed by atoms with Crippen molar-refractivity contribution in [2.24, 2.45) is 5.73 Å². The number of pyridine rings is 2. The van der Waals surface area contributed by atoms with Gasteiger partial charge in [-0.15, -0.1) is 0 Å². The summed E-state index contributed by atoms with van der Waals surface area (Å²) < 4.78 is 0. The van der Waals surface area contributed by atoms with Gasteiger partial charge in [0.2, 0.25) is 0 Å². The van der Waals surface area contributed by atoms with Crippen LogP contribution >= 0.6 is 0 Å². The number of aromatic nitrogens is 4. The zero-order valence-corrected chi connectivity index (χ0v) is 18.4. The van der Waals surface area contributed by atoms with Crippen molar-refractivity contribution in [3.05, 3.63) is 78.0 Å². The minimum atomic E-state index is -0.242. The SMILES string of the molecule is CNC(=O)c1ccnc2c(CCNc3cc(-c4ccc(C5(N)CC5)nc4)ncn3)cccc12. The maximum Gasteiger partial charge on any atom is 0.251 e. The maximum absolute atomic E-state index is 12.2. The highest BCUT2D eigenvalue weighted by atomic mass is 16.1. The van der Waals surface area contributed by atoms with Crippen molar-refractivity contribution >= 4 is 22.6 Å². The molecule has 0 aliphatic heterocycles. The van der Waals surface area contributed by atoms with E-state index >= 15 is 0 Å². The van der Waals surface area contributed by atoms with Crippen molar-refractivity contribution in [2.75, 3.05) is 18.9 Å². The summed E-state index contributed by atoms with van der Waals surface area (Å²) in [5.74, 6) is 0.619. The first kappa shape index (κ1) is 21.0. The van der Waals surface area contributed by atoms with Gasteiger partial charge in [-0.25, -0.2) is 9.97 Å². The molecule has 166 valence electrons. The van der Waals surface area contributed by atoms with E-state index in [-0.39, 0.29) is 11.4 Å². The Kier molecular flexibility index (Phi) is 5.43. The van der Waals surface area contributed by atoms with Crippen LogP contribution in [0.5, 0.6) is 0 Å². The monoisotopic (exact) mass is 439 g/mol. The van der Waals surface area contributed by atoms with Gasteiger partial charge >= 0.3 is 0 Å². The Balaban J connectivity index is 1.29. The Labute approximate surface area is 191 Å². The van der Waals surface area contributed by atoms with Crippen LogP contribution < -0.4 is 16.4 Å². The number of fused-ring (bicyclic) bond motifs is 1. The fraction of sp³-hybridized carbons (Fsp3) is 0.240. The van der Waals surface area contributed by atoms with Crippen molar-refractivity contribution < 1.29 is 4.79 Å². The topological polar surface area (TPSA) is 119 Å². The summed E-state index contributed by atoms with van der Waals surface area (Å²) in [5.41, 5.74) is 11.2. The Morgan fingerprint density at radius 3 is 2.73 bits per heavy atom. The average Bonchev–Trinajstić information content (AvgIpc) is 3.62. The van der Waals surface area contributed by atoms with Crippen molar-refractivity contribution in [1.29, 1.82) is 0 Å². The molecule has 1 amide bonds. The average molecular weight is 440 g/mol. The van der Waals surface area contributed by atoms with Gasteiger partial charge in [0.25, 0.3) is 5.91 Å². The van der Waals surface area contributed by atoms with Crippen molar-refractivity contribution in [1.82, 2.24) is 25.3 Å². The number of nitrogens with two attached hydrogens (primary N) is 1. The van der Waals surface area contributed by atoms with E-state index in [2.05, 4.69) is 30.6 Å². The van der Waals surface area contributed by atoms with Crippen molar-refractivity contribution in [2.45, 2.75) is 24.8 Å². The minimum Gasteiger partial charge on any atom is -0.370 e. The van der Waals surface area contributed by atoms with Crippen molar-refractivity contribution in [3.8, 4) is 11.3 Å². The summed E-state index contributed by atoms with van der Waals surface area (Å²) in [5, 5.41) is 6.90. The van der Waals surface area contributed by atoms with Crippen LogP contribution in [0.15, 0.2) is 61.2 Å². The van der Waals surface area contributed by atoms with Gasteiger partial charge < -0.3 is 16.4 Å². The molecule has 1 aliphatic carbocycles. The first-order valence-corrected chi connectivity index (χ1v) is 11.0. The number of anilines is 1. The lowest BCUT2D eigenvalue weighted by atomic mass is 10.0. The quantitative estimate of drug-likeness (QED) is 0.405. The predicted molar refractivity (Wildman–Crippen MR) is 128 cm³/mol. The minimum absolute atomic E-state index is 0.118. The van der Waals surface area contributed by atoms with Crippen LogP contribution in [0.1, 0.15) is 34.5 Å². The summed E-state index contributed by atoms with van der Waals surface area (Å²) in [4.78, 5) is 30.0. The molecule has 4 aromatic rings. The molecule has 1 fully saturated rings. The lowest BCUT2D eigenvalue weighted by Gasteiger charge is -2.11. The normalized spacial score (nSPS) is 14.1. The van der Waals surface area contributed by atoms with Gasteiger partial charge in [0.15, 0.2) is 0 Å². The molecular formula is C25H25N7O. The number of carbonyl (C=O) groups is 1. The van der Waals surface area contributed by atoms with Crippen LogP contribution in [0.3, 0.4) is 0 Å². The first-order valence-electron chi connectivity index (χ1n) is 11.0. The molecule has 3 aromatic heterocycles. The molecule has 0 saturated heterocycles. The molecular weight excluding hydrogens is 414 g/mol. The van der Waals surface area contributed by atoms with Gasteiger partial charge in [0.1, 0.15) is 12.1 Å². The maximum atomic E-state index is 12.2. The van der Waals surface area contributed by atoms with Gasteiger partial charge in [-0.05, 0) is 43.0 Å². The Bertz CT molecular complexity index is 1320. The molecule has 0 radical (unpaired) electrons. The van der Waals surface area contributed by atoms with E-state index in [4.69, 9.17) is 5.73 Å². The summed E-state index contributed by atoms with van der Waals surface area (Å²) in [6.07, 6.45) is 7.75. The van der Waals surface area contributed by atoms with E-state index in [1.165, 1.54) is 0 Å². The fourth-order valence-corrected chi connectivity index (χ4v) is 3.94. The van der Waals surface area contributed by atoms with Gasteiger partial charge in [-0.2, -0.15) is 0 Å². The number of benzene rings is 1. The Morgan fingerprint density at radius 2 is 1.97 bits per heavy atom.